The minimum Gasteiger partial charge on any atom is -0.508 e. The lowest BCUT2D eigenvalue weighted by Gasteiger charge is -2.19. The maximum Gasteiger partial charge on any atom is 0.314 e. The average Bonchev–Trinajstić information content (AvgIpc) is 3.10. The molecule has 0 bridgehead atoms. The molecule has 0 radical (unpaired) electrons. The summed E-state index contributed by atoms with van der Waals surface area (Å²) in [5.74, 6) is -0.144. The van der Waals surface area contributed by atoms with Crippen LogP contribution in [-0.2, 0) is 9.47 Å². The Morgan fingerprint density at radius 2 is 1.77 bits per heavy atom. The highest BCUT2D eigenvalue weighted by molar-refractivity contribution is 6.08. The molecule has 3 amide bonds. The van der Waals surface area contributed by atoms with Gasteiger partial charge in [-0.1, -0.05) is 18.2 Å². The van der Waals surface area contributed by atoms with Crippen LogP contribution >= 0.6 is 12.4 Å². The molecule has 1 aliphatic carbocycles. The number of allylic oxidation sites excluding steroid dienone is 4. The second kappa shape index (κ2) is 11.6. The van der Waals surface area contributed by atoms with Crippen LogP contribution in [0.3, 0.4) is 0 Å². The van der Waals surface area contributed by atoms with Gasteiger partial charge in [0.15, 0.2) is 5.76 Å². The average molecular weight is 502 g/mol. The van der Waals surface area contributed by atoms with E-state index in [1.165, 1.54) is 12.5 Å². The molecule has 0 aromatic heterocycles. The van der Waals surface area contributed by atoms with E-state index in [4.69, 9.17) is 15.2 Å². The lowest BCUT2D eigenvalue weighted by atomic mass is 10.0. The maximum absolute atomic E-state index is 12.8. The lowest BCUT2D eigenvalue weighted by Crippen LogP contribution is -2.38. The van der Waals surface area contributed by atoms with Gasteiger partial charge < -0.3 is 30.5 Å². The molecule has 1 saturated heterocycles. The van der Waals surface area contributed by atoms with E-state index in [0.717, 1.165) is 19.3 Å². The largest absolute Gasteiger partial charge is 0.508 e. The topological polar surface area (TPSA) is 131 Å². The van der Waals surface area contributed by atoms with E-state index in [1.54, 1.807) is 35.2 Å². The summed E-state index contributed by atoms with van der Waals surface area (Å²) >= 11 is 0. The zero-order chi connectivity index (χ0) is 24.1. The molecule has 0 unspecified atom stereocenters. The van der Waals surface area contributed by atoms with Crippen LogP contribution in [0.1, 0.15) is 52.8 Å². The quantitative estimate of drug-likeness (QED) is 0.525. The number of nitrogens with two attached hydrogens (primary N) is 1. The fourth-order valence-electron chi connectivity index (χ4n) is 4.08. The highest BCUT2D eigenvalue weighted by Crippen LogP contribution is 2.28. The van der Waals surface area contributed by atoms with Crippen LogP contribution < -0.4 is 11.1 Å². The number of halogens is 1. The predicted molar refractivity (Wildman–Crippen MR) is 131 cm³/mol. The third-order valence-electron chi connectivity index (χ3n) is 6.04. The first-order chi connectivity index (χ1) is 16.4. The molecule has 3 aliphatic rings. The molecule has 35 heavy (non-hydrogen) atoms. The van der Waals surface area contributed by atoms with Gasteiger partial charge in [0, 0.05) is 35.8 Å². The minimum atomic E-state index is -0.442. The van der Waals surface area contributed by atoms with Crippen LogP contribution in [0.2, 0.25) is 0 Å². The monoisotopic (exact) mass is 501 g/mol. The van der Waals surface area contributed by atoms with Crippen LogP contribution in [0.5, 0.6) is 0 Å². The fourth-order valence-corrected chi connectivity index (χ4v) is 4.08. The number of rotatable bonds is 5. The molecule has 0 saturated carbocycles. The zero-order valence-electron chi connectivity index (χ0n) is 19.1. The first-order valence-electron chi connectivity index (χ1n) is 11.2. The Labute approximate surface area is 209 Å². The number of urea groups is 1. The molecule has 2 aliphatic heterocycles. The molecule has 1 aromatic carbocycles. The zero-order valence-corrected chi connectivity index (χ0v) is 19.9. The molecule has 2 heterocycles. The second-order valence-corrected chi connectivity index (χ2v) is 8.34. The Kier molecular flexibility index (Phi) is 8.59. The number of Topliss-reactive ketones (excluding diaryl/α,β-unsaturated/α-hetero) is 1. The predicted octanol–water partition coefficient (Wildman–Crippen LogP) is 3.85. The Hall–Kier alpha value is -3.72. The molecular weight excluding hydrogens is 474 g/mol. The van der Waals surface area contributed by atoms with Gasteiger partial charge in [0.1, 0.15) is 18.3 Å². The molecule has 1 fully saturated rings. The summed E-state index contributed by atoms with van der Waals surface area (Å²) in [6.07, 6.45) is 9.56. The number of ether oxygens (including phenoxy) is 2. The summed E-state index contributed by atoms with van der Waals surface area (Å²) in [6.45, 7) is 1.10. The van der Waals surface area contributed by atoms with Crippen molar-refractivity contribution in [3.63, 3.8) is 0 Å². The van der Waals surface area contributed by atoms with Crippen molar-refractivity contribution in [2.24, 2.45) is 5.73 Å². The third kappa shape index (κ3) is 6.24. The first kappa shape index (κ1) is 25.9. The van der Waals surface area contributed by atoms with E-state index in [1.807, 2.05) is 6.08 Å². The van der Waals surface area contributed by atoms with Gasteiger partial charge in [0.25, 0.3) is 5.91 Å². The van der Waals surface area contributed by atoms with E-state index < -0.39 is 6.03 Å². The van der Waals surface area contributed by atoms with Crippen molar-refractivity contribution in [3.8, 4) is 0 Å². The van der Waals surface area contributed by atoms with E-state index in [9.17, 15) is 19.5 Å². The second-order valence-electron chi connectivity index (χ2n) is 8.34. The molecule has 9 nitrogen and oxygen atoms in total. The van der Waals surface area contributed by atoms with Crippen LogP contribution in [0.25, 0.3) is 0 Å². The van der Waals surface area contributed by atoms with Gasteiger partial charge >= 0.3 is 6.03 Å². The van der Waals surface area contributed by atoms with Crippen LogP contribution in [-0.4, -0.2) is 46.9 Å². The maximum atomic E-state index is 12.8. The number of likely N-dealkylation sites (tertiary alicyclic amines) is 1. The number of carbonyl (C=O) groups is 3. The summed E-state index contributed by atoms with van der Waals surface area (Å²) in [4.78, 5) is 38.3. The molecule has 1 atom stereocenters. The molecule has 4 rings (SSSR count). The number of primary amides is 1. The number of nitrogens with zero attached hydrogens (tertiary/aromatic N) is 1. The standard InChI is InChI=1S/C25H27N3O6.ClH/c26-25(32)28-12-3-4-18(11-13-28)27-24(31)17-9-7-16(8-10-17)23(30)22-15-33-21(14-34-22)19-5-1-2-6-20(19)29;/h2,6-10,14-15,18,29H,1,3-5,11-13H2,(H2,26,32)(H,27,31);1H/t18-;/m0./s1. The number of ketones is 1. The molecule has 10 heteroatoms. The Morgan fingerprint density at radius 3 is 2.43 bits per heavy atom. The minimum absolute atomic E-state index is 0. The van der Waals surface area contributed by atoms with Crippen molar-refractivity contribution in [1.82, 2.24) is 10.2 Å². The van der Waals surface area contributed by atoms with Crippen molar-refractivity contribution < 1.29 is 29.0 Å². The summed E-state index contributed by atoms with van der Waals surface area (Å²) < 4.78 is 11.0. The lowest BCUT2D eigenvalue weighted by molar-refractivity contribution is 0.0926. The SMILES string of the molecule is Cl.NC(=O)N1CCC[C@H](NC(=O)c2ccc(C(=O)C3=COC(C4=C(O)C=CCC4)=CO3)cc2)CC1. The molecule has 1 aromatic rings. The van der Waals surface area contributed by atoms with E-state index >= 15 is 0 Å². The number of nitrogens with one attached hydrogen (secondary N) is 1. The van der Waals surface area contributed by atoms with Crippen LogP contribution in [0.15, 0.2) is 71.8 Å². The highest BCUT2D eigenvalue weighted by Gasteiger charge is 2.23. The number of amides is 3. The number of aliphatic hydroxyl groups is 1. The molecule has 0 spiro atoms. The van der Waals surface area contributed by atoms with Gasteiger partial charge in [-0.25, -0.2) is 4.79 Å². The van der Waals surface area contributed by atoms with Crippen molar-refractivity contribution >= 4 is 30.1 Å². The summed E-state index contributed by atoms with van der Waals surface area (Å²) in [7, 11) is 0. The van der Waals surface area contributed by atoms with Crippen molar-refractivity contribution in [2.45, 2.75) is 38.1 Å². The number of benzene rings is 1. The van der Waals surface area contributed by atoms with Gasteiger partial charge in [0.2, 0.25) is 11.5 Å². The van der Waals surface area contributed by atoms with E-state index in [2.05, 4.69) is 5.32 Å². The molecular formula is C25H28ClN3O6. The smallest absolute Gasteiger partial charge is 0.314 e. The highest BCUT2D eigenvalue weighted by atomic mass is 35.5. The number of hydrogen-bond acceptors (Lipinski definition) is 6. The van der Waals surface area contributed by atoms with Crippen LogP contribution in [0, 0.1) is 0 Å². The van der Waals surface area contributed by atoms with Gasteiger partial charge in [-0.3, -0.25) is 9.59 Å². The number of aliphatic hydroxyl groups excluding tert-OH is 1. The van der Waals surface area contributed by atoms with Gasteiger partial charge in [-0.05, 0) is 50.3 Å². The molecule has 4 N–H and O–H groups in total. The number of hydrogen-bond donors (Lipinski definition) is 3. The van der Waals surface area contributed by atoms with Gasteiger partial charge in [-0.15, -0.1) is 12.4 Å². The normalized spacial score (nSPS) is 19.8. The third-order valence-corrected chi connectivity index (χ3v) is 6.04. The summed E-state index contributed by atoms with van der Waals surface area (Å²) in [5, 5.41) is 13.0. The van der Waals surface area contributed by atoms with Crippen LogP contribution in [0.4, 0.5) is 4.79 Å². The van der Waals surface area contributed by atoms with Crippen molar-refractivity contribution in [1.29, 1.82) is 0 Å². The summed E-state index contributed by atoms with van der Waals surface area (Å²) in [5.41, 5.74) is 6.74. The Bertz CT molecular complexity index is 1110. The van der Waals surface area contributed by atoms with Gasteiger partial charge in [-0.2, -0.15) is 0 Å². The Balaban J connectivity index is 0.00000342. The van der Waals surface area contributed by atoms with Crippen molar-refractivity contribution in [2.75, 3.05) is 13.1 Å². The first-order valence-corrected chi connectivity index (χ1v) is 11.2. The molecule has 186 valence electrons. The van der Waals surface area contributed by atoms with Crippen molar-refractivity contribution in [3.05, 3.63) is 82.9 Å². The van der Waals surface area contributed by atoms with E-state index in [-0.39, 0.29) is 41.7 Å². The summed E-state index contributed by atoms with van der Waals surface area (Å²) in [6, 6.07) is 5.79. The van der Waals surface area contributed by atoms with Gasteiger partial charge in [0.05, 0.1) is 0 Å². The fraction of sp³-hybridized carbons (Fsp3) is 0.320. The Morgan fingerprint density at radius 1 is 1.03 bits per heavy atom. The number of carbonyl (C=O) groups excluding carboxylic acids is 3. The van der Waals surface area contributed by atoms with E-state index in [0.29, 0.717) is 48.4 Å².